The molecular formula is C17H18N2O4S. The van der Waals surface area contributed by atoms with E-state index in [0.29, 0.717) is 24.5 Å². The summed E-state index contributed by atoms with van der Waals surface area (Å²) in [5.74, 6) is 0.304. The zero-order valence-corrected chi connectivity index (χ0v) is 14.3. The Kier molecular flexibility index (Phi) is 4.19. The van der Waals surface area contributed by atoms with Gasteiger partial charge in [-0.1, -0.05) is 18.2 Å². The molecule has 0 radical (unpaired) electrons. The number of carbonyl (C=O) groups excluding carboxylic acids is 1. The molecule has 0 saturated carbocycles. The third-order valence-corrected chi connectivity index (χ3v) is 5.20. The first-order valence-electron chi connectivity index (χ1n) is 7.51. The molecule has 0 atom stereocenters. The van der Waals surface area contributed by atoms with Crippen molar-refractivity contribution in [2.45, 2.75) is 11.8 Å². The zero-order chi connectivity index (χ0) is 17.3. The summed E-state index contributed by atoms with van der Waals surface area (Å²) in [4.78, 5) is 15.3. The number of hydrogen-bond acceptors (Lipinski definition) is 4. The van der Waals surface area contributed by atoms with Crippen LogP contribution in [0.3, 0.4) is 0 Å². The van der Waals surface area contributed by atoms with Gasteiger partial charge in [0.25, 0.3) is 0 Å². The van der Waals surface area contributed by atoms with Crippen molar-refractivity contribution in [2.24, 2.45) is 0 Å². The van der Waals surface area contributed by atoms with E-state index in [0.717, 1.165) is 5.56 Å². The van der Waals surface area contributed by atoms with E-state index >= 15 is 0 Å². The van der Waals surface area contributed by atoms with Gasteiger partial charge in [-0.2, -0.15) is 8.42 Å². The van der Waals surface area contributed by atoms with Gasteiger partial charge in [0.05, 0.1) is 0 Å². The van der Waals surface area contributed by atoms with Crippen LogP contribution in [0.4, 0.5) is 10.5 Å². The first kappa shape index (κ1) is 16.3. The third-order valence-electron chi connectivity index (χ3n) is 3.95. The van der Waals surface area contributed by atoms with E-state index < -0.39 is 10.1 Å². The van der Waals surface area contributed by atoms with Crippen LogP contribution in [0.15, 0.2) is 53.4 Å². The second-order valence-electron chi connectivity index (χ2n) is 5.65. The number of para-hydroxylation sites is 1. The minimum absolute atomic E-state index is 0.0505. The Morgan fingerprint density at radius 1 is 1.00 bits per heavy atom. The second-order valence-corrected chi connectivity index (χ2v) is 7.20. The predicted octanol–water partition coefficient (Wildman–Crippen LogP) is 2.63. The van der Waals surface area contributed by atoms with E-state index in [4.69, 9.17) is 4.18 Å². The van der Waals surface area contributed by atoms with Crippen molar-refractivity contribution in [1.82, 2.24) is 4.90 Å². The van der Waals surface area contributed by atoms with Crippen LogP contribution in [0.25, 0.3) is 0 Å². The number of likely N-dealkylation sites (N-methyl/N-ethyl adjacent to an activating group) is 1. The van der Waals surface area contributed by atoms with Gasteiger partial charge >= 0.3 is 16.1 Å². The summed E-state index contributed by atoms with van der Waals surface area (Å²) in [5, 5.41) is 0. The van der Waals surface area contributed by atoms with Crippen LogP contribution in [-0.2, 0) is 10.1 Å². The number of urea groups is 1. The van der Waals surface area contributed by atoms with Crippen molar-refractivity contribution in [3.8, 4) is 5.75 Å². The quantitative estimate of drug-likeness (QED) is 0.798. The van der Waals surface area contributed by atoms with Crippen LogP contribution in [-0.4, -0.2) is 39.5 Å². The van der Waals surface area contributed by atoms with Crippen molar-refractivity contribution in [2.75, 3.05) is 25.0 Å². The molecule has 7 heteroatoms. The number of hydrogen-bond donors (Lipinski definition) is 0. The molecule has 24 heavy (non-hydrogen) atoms. The predicted molar refractivity (Wildman–Crippen MR) is 90.8 cm³/mol. The maximum atomic E-state index is 12.4. The lowest BCUT2D eigenvalue weighted by atomic mass is 10.2. The minimum Gasteiger partial charge on any atom is -0.379 e. The molecular weight excluding hydrogens is 328 g/mol. The molecule has 2 aromatic rings. The smallest absolute Gasteiger partial charge is 0.339 e. The Labute approximate surface area is 141 Å². The number of benzene rings is 2. The average molecular weight is 346 g/mol. The molecule has 1 fully saturated rings. The van der Waals surface area contributed by atoms with Crippen molar-refractivity contribution < 1.29 is 17.4 Å². The Balaban J connectivity index is 1.82. The molecule has 0 bridgehead atoms. The maximum Gasteiger partial charge on any atom is 0.339 e. The Morgan fingerprint density at radius 3 is 2.25 bits per heavy atom. The maximum absolute atomic E-state index is 12.4. The second kappa shape index (κ2) is 6.16. The molecule has 1 heterocycles. The number of aryl methyl sites for hydroxylation is 1. The van der Waals surface area contributed by atoms with E-state index in [1.54, 1.807) is 54.1 Å². The minimum atomic E-state index is -3.91. The molecule has 2 amide bonds. The van der Waals surface area contributed by atoms with E-state index in [2.05, 4.69) is 0 Å². The molecule has 0 aliphatic carbocycles. The largest absolute Gasteiger partial charge is 0.379 e. The lowest BCUT2D eigenvalue weighted by Gasteiger charge is -2.16. The summed E-state index contributed by atoms with van der Waals surface area (Å²) in [7, 11) is -2.18. The van der Waals surface area contributed by atoms with E-state index in [-0.39, 0.29) is 10.9 Å². The normalized spacial score (nSPS) is 15.0. The summed E-state index contributed by atoms with van der Waals surface area (Å²) >= 11 is 0. The van der Waals surface area contributed by atoms with Gasteiger partial charge in [-0.25, -0.2) is 4.79 Å². The van der Waals surface area contributed by atoms with Crippen LogP contribution < -0.4 is 9.08 Å². The molecule has 0 spiro atoms. The monoisotopic (exact) mass is 346 g/mol. The Morgan fingerprint density at radius 2 is 1.67 bits per heavy atom. The third kappa shape index (κ3) is 3.07. The summed E-state index contributed by atoms with van der Waals surface area (Å²) < 4.78 is 30.0. The number of rotatable bonds is 4. The number of anilines is 1. The highest BCUT2D eigenvalue weighted by atomic mass is 32.2. The summed E-state index contributed by atoms with van der Waals surface area (Å²) in [6.45, 7) is 3.01. The molecule has 0 aromatic heterocycles. The van der Waals surface area contributed by atoms with Gasteiger partial charge in [0.15, 0.2) is 0 Å². The van der Waals surface area contributed by atoms with Crippen LogP contribution in [0.1, 0.15) is 5.56 Å². The first-order valence-corrected chi connectivity index (χ1v) is 8.92. The highest BCUT2D eigenvalue weighted by Gasteiger charge is 2.27. The zero-order valence-electron chi connectivity index (χ0n) is 13.5. The van der Waals surface area contributed by atoms with Crippen molar-refractivity contribution in [1.29, 1.82) is 0 Å². The van der Waals surface area contributed by atoms with Gasteiger partial charge in [-0.15, -0.1) is 0 Å². The molecule has 0 N–H and O–H groups in total. The number of carbonyl (C=O) groups is 1. The van der Waals surface area contributed by atoms with Gasteiger partial charge in [0, 0.05) is 25.8 Å². The van der Waals surface area contributed by atoms with Crippen LogP contribution in [0, 0.1) is 6.92 Å². The van der Waals surface area contributed by atoms with Crippen LogP contribution >= 0.6 is 0 Å². The molecule has 3 rings (SSSR count). The molecule has 6 nitrogen and oxygen atoms in total. The van der Waals surface area contributed by atoms with Gasteiger partial charge in [0.2, 0.25) is 0 Å². The molecule has 126 valence electrons. The molecule has 2 aromatic carbocycles. The number of nitrogens with zero attached hydrogens (tertiary/aromatic N) is 2. The van der Waals surface area contributed by atoms with Gasteiger partial charge in [-0.05, 0) is 42.8 Å². The number of amides is 2. The molecule has 1 aliphatic heterocycles. The highest BCUT2D eigenvalue weighted by Crippen LogP contribution is 2.25. The van der Waals surface area contributed by atoms with Gasteiger partial charge in [-0.3, -0.25) is 4.90 Å². The SMILES string of the molecule is Cc1ccccc1OS(=O)(=O)c1ccc(N2CCN(C)C2=O)cc1. The topological polar surface area (TPSA) is 66.9 Å². The van der Waals surface area contributed by atoms with E-state index in [9.17, 15) is 13.2 Å². The highest BCUT2D eigenvalue weighted by molar-refractivity contribution is 7.87. The first-order chi connectivity index (χ1) is 11.4. The fraction of sp³-hybridized carbons (Fsp3) is 0.235. The molecule has 0 unspecified atom stereocenters. The lowest BCUT2D eigenvalue weighted by Crippen LogP contribution is -2.29. The molecule has 1 aliphatic rings. The van der Waals surface area contributed by atoms with Crippen LogP contribution in [0.5, 0.6) is 5.75 Å². The Bertz CT molecular complexity index is 862. The fourth-order valence-electron chi connectivity index (χ4n) is 2.50. The average Bonchev–Trinajstić information content (AvgIpc) is 2.89. The van der Waals surface area contributed by atoms with E-state index in [1.807, 2.05) is 6.07 Å². The van der Waals surface area contributed by atoms with Crippen molar-refractivity contribution >= 4 is 21.8 Å². The lowest BCUT2D eigenvalue weighted by molar-refractivity contribution is 0.229. The van der Waals surface area contributed by atoms with Crippen LogP contribution in [0.2, 0.25) is 0 Å². The summed E-state index contributed by atoms with van der Waals surface area (Å²) in [6.07, 6.45) is 0. The fourth-order valence-corrected chi connectivity index (χ4v) is 3.48. The van der Waals surface area contributed by atoms with Crippen molar-refractivity contribution in [3.63, 3.8) is 0 Å². The van der Waals surface area contributed by atoms with Crippen molar-refractivity contribution in [3.05, 3.63) is 54.1 Å². The van der Waals surface area contributed by atoms with Gasteiger partial charge in [0.1, 0.15) is 10.6 Å². The van der Waals surface area contributed by atoms with Gasteiger partial charge < -0.3 is 9.08 Å². The van der Waals surface area contributed by atoms with E-state index in [1.165, 1.54) is 12.1 Å². The summed E-state index contributed by atoms with van der Waals surface area (Å²) in [6, 6.07) is 13.0. The summed E-state index contributed by atoms with van der Waals surface area (Å²) in [5.41, 5.74) is 1.41. The molecule has 1 saturated heterocycles. The Hall–Kier alpha value is -2.54. The standard InChI is InChI=1S/C17H18N2O4S/c1-13-5-3-4-6-16(13)23-24(21,22)15-9-7-14(8-10-15)19-12-11-18(2)17(19)20/h3-10H,11-12H2,1-2H3.